The van der Waals surface area contributed by atoms with E-state index in [9.17, 15) is 8.42 Å². The first kappa shape index (κ1) is 18.6. The second-order valence-electron chi connectivity index (χ2n) is 7.29. The summed E-state index contributed by atoms with van der Waals surface area (Å²) in [5, 5.41) is 0. The third kappa shape index (κ3) is 3.77. The van der Waals surface area contributed by atoms with E-state index in [-0.39, 0.29) is 5.95 Å². The van der Waals surface area contributed by atoms with E-state index in [0.717, 1.165) is 36.1 Å². The van der Waals surface area contributed by atoms with Crippen molar-refractivity contribution in [2.75, 3.05) is 30.0 Å². The molecule has 0 spiro atoms. The molecular weight excluding hydrogens is 374 g/mol. The topological polar surface area (TPSA) is 102 Å². The molecule has 1 fully saturated rings. The van der Waals surface area contributed by atoms with E-state index in [1.54, 1.807) is 18.5 Å². The molecule has 0 atom stereocenters. The van der Waals surface area contributed by atoms with Gasteiger partial charge in [0.15, 0.2) is 9.84 Å². The van der Waals surface area contributed by atoms with Crippen molar-refractivity contribution in [3.8, 4) is 0 Å². The maximum atomic E-state index is 12.1. The lowest BCUT2D eigenvalue weighted by Gasteiger charge is -2.33. The standard InChI is InChI=1S/C20H23N5O2S/c1-28(26,27)16-5-6-18(17(11-16)15-3-2-4-15)25(13-14-7-9-22-12-14)19-8-10-23-20(21)24-19/h5-11,15H,2-4,12-13H2,1H3,(H2,21,23,24). The maximum absolute atomic E-state index is 12.1. The quantitative estimate of drug-likeness (QED) is 0.804. The van der Waals surface area contributed by atoms with Crippen LogP contribution < -0.4 is 10.6 Å². The van der Waals surface area contributed by atoms with Crippen LogP contribution in [-0.4, -0.2) is 43.9 Å². The van der Waals surface area contributed by atoms with Crippen LogP contribution >= 0.6 is 0 Å². The summed E-state index contributed by atoms with van der Waals surface area (Å²) in [7, 11) is -3.27. The van der Waals surface area contributed by atoms with Gasteiger partial charge in [-0.2, -0.15) is 4.98 Å². The molecule has 1 aliphatic heterocycles. The number of nitrogens with zero attached hydrogens (tertiary/aromatic N) is 4. The molecule has 0 radical (unpaired) electrons. The number of rotatable bonds is 6. The van der Waals surface area contributed by atoms with Gasteiger partial charge in [0.05, 0.1) is 11.4 Å². The van der Waals surface area contributed by atoms with Gasteiger partial charge in [-0.25, -0.2) is 13.4 Å². The molecule has 0 amide bonds. The first-order valence-electron chi connectivity index (χ1n) is 9.30. The van der Waals surface area contributed by atoms with E-state index < -0.39 is 9.84 Å². The lowest BCUT2D eigenvalue weighted by molar-refractivity contribution is 0.419. The lowest BCUT2D eigenvalue weighted by atomic mass is 9.79. The van der Waals surface area contributed by atoms with Crippen molar-refractivity contribution < 1.29 is 8.42 Å². The number of aromatic nitrogens is 2. The molecule has 146 valence electrons. The van der Waals surface area contributed by atoms with Gasteiger partial charge in [-0.05, 0) is 60.2 Å². The Kier molecular flexibility index (Phi) is 4.89. The number of sulfone groups is 1. The number of hydrogen-bond donors (Lipinski definition) is 1. The summed E-state index contributed by atoms with van der Waals surface area (Å²) in [4.78, 5) is 15.1. The smallest absolute Gasteiger partial charge is 0.221 e. The molecule has 28 heavy (non-hydrogen) atoms. The molecule has 1 aliphatic carbocycles. The molecule has 1 saturated carbocycles. The summed E-state index contributed by atoms with van der Waals surface area (Å²) in [6.45, 7) is 1.26. The Labute approximate surface area is 164 Å². The van der Waals surface area contributed by atoms with Crippen molar-refractivity contribution in [2.24, 2.45) is 4.99 Å². The molecular formula is C20H23N5O2S. The zero-order valence-electron chi connectivity index (χ0n) is 15.7. The normalized spacial score (nSPS) is 16.7. The van der Waals surface area contributed by atoms with E-state index in [0.29, 0.717) is 29.7 Å². The largest absolute Gasteiger partial charge is 0.368 e. The molecule has 1 aromatic carbocycles. The predicted molar refractivity (Wildman–Crippen MR) is 111 cm³/mol. The summed E-state index contributed by atoms with van der Waals surface area (Å²) in [6, 6.07) is 7.20. The fraction of sp³-hybridized carbons (Fsp3) is 0.350. The van der Waals surface area contributed by atoms with Gasteiger partial charge >= 0.3 is 0 Å². The summed E-state index contributed by atoms with van der Waals surface area (Å²) < 4.78 is 24.2. The van der Waals surface area contributed by atoms with Gasteiger partial charge in [0.1, 0.15) is 5.82 Å². The van der Waals surface area contributed by atoms with Crippen LogP contribution in [0.1, 0.15) is 30.7 Å². The van der Waals surface area contributed by atoms with Gasteiger partial charge in [-0.15, -0.1) is 0 Å². The average molecular weight is 398 g/mol. The minimum Gasteiger partial charge on any atom is -0.368 e. The molecule has 2 aliphatic rings. The molecule has 0 bridgehead atoms. The second kappa shape index (κ2) is 7.35. The van der Waals surface area contributed by atoms with Gasteiger partial charge in [0, 0.05) is 30.9 Å². The number of aliphatic imine (C=N–C) groups is 1. The Hall–Kier alpha value is -2.74. The van der Waals surface area contributed by atoms with Gasteiger partial charge < -0.3 is 10.6 Å². The monoisotopic (exact) mass is 397 g/mol. The van der Waals surface area contributed by atoms with E-state index in [2.05, 4.69) is 19.9 Å². The van der Waals surface area contributed by atoms with Crippen LogP contribution in [0.25, 0.3) is 0 Å². The minimum absolute atomic E-state index is 0.206. The Morgan fingerprint density at radius 1 is 1.25 bits per heavy atom. The number of hydrogen-bond acceptors (Lipinski definition) is 7. The highest BCUT2D eigenvalue weighted by Gasteiger charge is 2.27. The number of benzene rings is 1. The molecule has 0 saturated heterocycles. The van der Waals surface area contributed by atoms with Crippen molar-refractivity contribution in [3.05, 3.63) is 47.7 Å². The maximum Gasteiger partial charge on any atom is 0.221 e. The van der Waals surface area contributed by atoms with E-state index in [4.69, 9.17) is 5.73 Å². The molecule has 2 heterocycles. The predicted octanol–water partition coefficient (Wildman–Crippen LogP) is 2.88. The zero-order valence-corrected chi connectivity index (χ0v) is 16.6. The second-order valence-corrected chi connectivity index (χ2v) is 9.31. The number of anilines is 3. The van der Waals surface area contributed by atoms with Crippen LogP contribution in [0.15, 0.2) is 52.0 Å². The fourth-order valence-electron chi connectivity index (χ4n) is 3.55. The third-order valence-corrected chi connectivity index (χ3v) is 6.38. The first-order chi connectivity index (χ1) is 13.4. The van der Waals surface area contributed by atoms with Gasteiger partial charge in [-0.3, -0.25) is 4.99 Å². The molecule has 8 heteroatoms. The molecule has 0 unspecified atom stereocenters. The van der Waals surface area contributed by atoms with Crippen molar-refractivity contribution in [3.63, 3.8) is 0 Å². The molecule has 2 N–H and O–H groups in total. The summed E-state index contributed by atoms with van der Waals surface area (Å²) in [6.07, 6.45) is 9.98. The van der Waals surface area contributed by atoms with Gasteiger partial charge in [-0.1, -0.05) is 6.42 Å². The highest BCUT2D eigenvalue weighted by molar-refractivity contribution is 7.90. The first-order valence-corrected chi connectivity index (χ1v) is 11.2. The fourth-order valence-corrected chi connectivity index (χ4v) is 4.20. The number of nitrogen functional groups attached to an aromatic ring is 1. The van der Waals surface area contributed by atoms with Crippen molar-refractivity contribution in [1.29, 1.82) is 0 Å². The summed E-state index contributed by atoms with van der Waals surface area (Å²) in [5.74, 6) is 1.25. The Morgan fingerprint density at radius 3 is 2.68 bits per heavy atom. The van der Waals surface area contributed by atoms with Crippen LogP contribution in [0.4, 0.5) is 17.5 Å². The van der Waals surface area contributed by atoms with Crippen molar-refractivity contribution >= 4 is 33.5 Å². The zero-order chi connectivity index (χ0) is 19.7. The van der Waals surface area contributed by atoms with E-state index in [1.165, 1.54) is 6.26 Å². The molecule has 4 rings (SSSR count). The van der Waals surface area contributed by atoms with Gasteiger partial charge in [0.25, 0.3) is 0 Å². The Bertz CT molecular complexity index is 1060. The Morgan fingerprint density at radius 2 is 2.07 bits per heavy atom. The van der Waals surface area contributed by atoms with Crippen molar-refractivity contribution in [2.45, 2.75) is 30.1 Å². The summed E-state index contributed by atoms with van der Waals surface area (Å²) >= 11 is 0. The highest BCUT2D eigenvalue weighted by atomic mass is 32.2. The minimum atomic E-state index is -3.27. The number of nitrogens with two attached hydrogens (primary N) is 1. The summed E-state index contributed by atoms with van der Waals surface area (Å²) in [5.41, 5.74) is 9.00. The van der Waals surface area contributed by atoms with Crippen LogP contribution in [-0.2, 0) is 9.84 Å². The number of allylic oxidation sites excluding steroid dienone is 1. The SMILES string of the molecule is CS(=O)(=O)c1ccc(N(CC2=CC=NC2)c2ccnc(N)n2)c(C2CCC2)c1. The van der Waals surface area contributed by atoms with E-state index in [1.807, 2.05) is 24.3 Å². The highest BCUT2D eigenvalue weighted by Crippen LogP contribution is 2.43. The third-order valence-electron chi connectivity index (χ3n) is 5.27. The van der Waals surface area contributed by atoms with Crippen molar-refractivity contribution in [1.82, 2.24) is 9.97 Å². The molecule has 1 aromatic heterocycles. The molecule has 2 aromatic rings. The van der Waals surface area contributed by atoms with Crippen LogP contribution in [0.5, 0.6) is 0 Å². The average Bonchev–Trinajstić information content (AvgIpc) is 3.11. The van der Waals surface area contributed by atoms with Crippen LogP contribution in [0, 0.1) is 0 Å². The van der Waals surface area contributed by atoms with Gasteiger partial charge in [0.2, 0.25) is 5.95 Å². The van der Waals surface area contributed by atoms with E-state index >= 15 is 0 Å². The van der Waals surface area contributed by atoms with Crippen LogP contribution in [0.3, 0.4) is 0 Å². The lowest BCUT2D eigenvalue weighted by Crippen LogP contribution is -2.25. The van der Waals surface area contributed by atoms with Crippen LogP contribution in [0.2, 0.25) is 0 Å². The Balaban J connectivity index is 1.82. The molecule has 7 nitrogen and oxygen atoms in total.